The van der Waals surface area contributed by atoms with Crippen molar-refractivity contribution in [3.63, 3.8) is 0 Å². The molecule has 1 N–H and O–H groups in total. The Morgan fingerprint density at radius 2 is 2.18 bits per heavy atom. The first-order valence-corrected chi connectivity index (χ1v) is 3.78. The number of esters is 1. The number of carbonyl (C=O) groups excluding carboxylic acids is 1. The van der Waals surface area contributed by atoms with E-state index in [1.807, 2.05) is 13.8 Å². The zero-order valence-corrected chi connectivity index (χ0v) is 7.39. The van der Waals surface area contributed by atoms with E-state index >= 15 is 0 Å². The molecule has 0 aromatic carbocycles. The van der Waals surface area contributed by atoms with Crippen LogP contribution in [0.5, 0.6) is 0 Å². The maximum atomic E-state index is 10.4. The molecule has 11 heavy (non-hydrogen) atoms. The van der Waals surface area contributed by atoms with E-state index in [-0.39, 0.29) is 18.0 Å². The Balaban J connectivity index is 3.78. The third kappa shape index (κ3) is 3.98. The Morgan fingerprint density at radius 1 is 1.64 bits per heavy atom. The first kappa shape index (κ1) is 10.4. The molecule has 0 radical (unpaired) electrons. The van der Waals surface area contributed by atoms with Gasteiger partial charge in [-0.15, -0.1) is 0 Å². The van der Waals surface area contributed by atoms with Gasteiger partial charge in [0, 0.05) is 12.3 Å². The topological polar surface area (TPSA) is 46.5 Å². The second-order valence-electron chi connectivity index (χ2n) is 3.10. The summed E-state index contributed by atoms with van der Waals surface area (Å²) in [7, 11) is 0. The molecule has 0 saturated heterocycles. The highest BCUT2D eigenvalue weighted by atomic mass is 16.5. The third-order valence-electron chi connectivity index (χ3n) is 1.86. The summed E-state index contributed by atoms with van der Waals surface area (Å²) in [6, 6.07) is 0. The molecule has 0 aliphatic carbocycles. The number of carbonyl (C=O) groups is 1. The maximum absolute atomic E-state index is 10.4. The van der Waals surface area contributed by atoms with E-state index in [9.17, 15) is 4.79 Å². The van der Waals surface area contributed by atoms with Crippen LogP contribution >= 0.6 is 0 Å². The monoisotopic (exact) mass is 160 g/mol. The van der Waals surface area contributed by atoms with Crippen LogP contribution in [-0.4, -0.2) is 24.3 Å². The molecule has 1 atom stereocenters. The van der Waals surface area contributed by atoms with Gasteiger partial charge in [0.15, 0.2) is 0 Å². The van der Waals surface area contributed by atoms with Gasteiger partial charge in [0.25, 0.3) is 0 Å². The molecule has 0 rings (SSSR count). The average molecular weight is 160 g/mol. The highest BCUT2D eigenvalue weighted by Gasteiger charge is 2.22. The molecule has 0 aromatic rings. The van der Waals surface area contributed by atoms with Crippen molar-refractivity contribution in [2.45, 2.75) is 27.2 Å². The van der Waals surface area contributed by atoms with Crippen LogP contribution in [0.4, 0.5) is 0 Å². The fourth-order valence-electron chi connectivity index (χ4n) is 0.535. The number of rotatable bonds is 4. The SMILES string of the molecule is CCC(C)(CO)COC(C)=O. The van der Waals surface area contributed by atoms with Gasteiger partial charge in [-0.2, -0.15) is 0 Å². The minimum Gasteiger partial charge on any atom is -0.465 e. The second kappa shape index (κ2) is 4.34. The molecule has 0 aromatic heterocycles. The second-order valence-corrected chi connectivity index (χ2v) is 3.10. The molecule has 0 amide bonds. The molecule has 3 nitrogen and oxygen atoms in total. The Hall–Kier alpha value is -0.570. The lowest BCUT2D eigenvalue weighted by Gasteiger charge is -2.24. The lowest BCUT2D eigenvalue weighted by Crippen LogP contribution is -2.27. The number of hydrogen-bond donors (Lipinski definition) is 1. The van der Waals surface area contributed by atoms with E-state index in [1.54, 1.807) is 0 Å². The molecule has 0 fully saturated rings. The molecular formula is C8H16O3. The minimum atomic E-state index is -0.293. The van der Waals surface area contributed by atoms with Crippen molar-refractivity contribution in [3.05, 3.63) is 0 Å². The van der Waals surface area contributed by atoms with Crippen molar-refractivity contribution < 1.29 is 14.6 Å². The van der Waals surface area contributed by atoms with E-state index < -0.39 is 0 Å². The summed E-state index contributed by atoms with van der Waals surface area (Å²) in [6.45, 7) is 5.56. The van der Waals surface area contributed by atoms with Gasteiger partial charge >= 0.3 is 5.97 Å². The summed E-state index contributed by atoms with van der Waals surface area (Å²) < 4.78 is 4.79. The summed E-state index contributed by atoms with van der Waals surface area (Å²) in [5.41, 5.74) is -0.272. The fraction of sp³-hybridized carbons (Fsp3) is 0.875. The summed E-state index contributed by atoms with van der Waals surface area (Å²) in [5, 5.41) is 8.91. The standard InChI is InChI=1S/C8H16O3/c1-4-8(3,5-9)6-11-7(2)10/h9H,4-6H2,1-3H3. The van der Waals surface area contributed by atoms with Crippen LogP contribution in [0.3, 0.4) is 0 Å². The molecular weight excluding hydrogens is 144 g/mol. The van der Waals surface area contributed by atoms with Gasteiger partial charge in [-0.1, -0.05) is 13.8 Å². The van der Waals surface area contributed by atoms with E-state index in [1.165, 1.54) is 6.92 Å². The number of ether oxygens (including phenoxy) is 1. The van der Waals surface area contributed by atoms with Gasteiger partial charge in [0.05, 0.1) is 13.2 Å². The summed E-state index contributed by atoms with van der Waals surface area (Å²) in [4.78, 5) is 10.4. The predicted octanol–water partition coefficient (Wildman–Crippen LogP) is 0.958. The van der Waals surface area contributed by atoms with Crippen molar-refractivity contribution >= 4 is 5.97 Å². The van der Waals surface area contributed by atoms with E-state index in [0.717, 1.165) is 6.42 Å². The number of hydrogen-bond acceptors (Lipinski definition) is 3. The Labute approximate surface area is 67.4 Å². The molecule has 3 heteroatoms. The van der Waals surface area contributed by atoms with Crippen molar-refractivity contribution in [2.24, 2.45) is 5.41 Å². The molecule has 0 bridgehead atoms. The first-order valence-electron chi connectivity index (χ1n) is 3.78. The van der Waals surface area contributed by atoms with Gasteiger partial charge in [0.1, 0.15) is 0 Å². The van der Waals surface area contributed by atoms with Crippen LogP contribution in [0, 0.1) is 5.41 Å². The van der Waals surface area contributed by atoms with Gasteiger partial charge < -0.3 is 9.84 Å². The van der Waals surface area contributed by atoms with Crippen molar-refractivity contribution in [1.29, 1.82) is 0 Å². The van der Waals surface area contributed by atoms with Crippen LogP contribution in [0.15, 0.2) is 0 Å². The average Bonchev–Trinajstić information content (AvgIpc) is 2.00. The van der Waals surface area contributed by atoms with Crippen LogP contribution in [0.25, 0.3) is 0 Å². The zero-order chi connectivity index (χ0) is 8.91. The predicted molar refractivity (Wildman–Crippen MR) is 42.1 cm³/mol. The lowest BCUT2D eigenvalue weighted by molar-refractivity contribution is -0.145. The third-order valence-corrected chi connectivity index (χ3v) is 1.86. The van der Waals surface area contributed by atoms with Crippen LogP contribution in [0.1, 0.15) is 27.2 Å². The van der Waals surface area contributed by atoms with Crippen LogP contribution in [0.2, 0.25) is 0 Å². The van der Waals surface area contributed by atoms with Crippen molar-refractivity contribution in [1.82, 2.24) is 0 Å². The zero-order valence-electron chi connectivity index (χ0n) is 7.39. The van der Waals surface area contributed by atoms with Crippen LogP contribution < -0.4 is 0 Å². The molecule has 0 heterocycles. The minimum absolute atomic E-state index is 0.0524. The molecule has 0 aliphatic heterocycles. The normalized spacial score (nSPS) is 15.6. The summed E-state index contributed by atoms with van der Waals surface area (Å²) >= 11 is 0. The maximum Gasteiger partial charge on any atom is 0.302 e. The van der Waals surface area contributed by atoms with Gasteiger partial charge in [0.2, 0.25) is 0 Å². The highest BCUT2D eigenvalue weighted by molar-refractivity contribution is 5.65. The van der Waals surface area contributed by atoms with Crippen molar-refractivity contribution in [2.75, 3.05) is 13.2 Å². The molecule has 1 unspecified atom stereocenters. The first-order chi connectivity index (χ1) is 5.04. The summed E-state index contributed by atoms with van der Waals surface area (Å²) in [5.74, 6) is -0.293. The van der Waals surface area contributed by atoms with E-state index in [4.69, 9.17) is 9.84 Å². The van der Waals surface area contributed by atoms with E-state index in [2.05, 4.69) is 0 Å². The Morgan fingerprint density at radius 3 is 2.45 bits per heavy atom. The fourth-order valence-corrected chi connectivity index (χ4v) is 0.535. The van der Waals surface area contributed by atoms with Crippen LogP contribution in [-0.2, 0) is 9.53 Å². The molecule has 66 valence electrons. The Kier molecular flexibility index (Phi) is 4.11. The largest absolute Gasteiger partial charge is 0.465 e. The lowest BCUT2D eigenvalue weighted by atomic mass is 9.90. The smallest absolute Gasteiger partial charge is 0.302 e. The molecule has 0 aliphatic rings. The highest BCUT2D eigenvalue weighted by Crippen LogP contribution is 2.19. The quantitative estimate of drug-likeness (QED) is 0.623. The molecule has 0 spiro atoms. The van der Waals surface area contributed by atoms with Crippen molar-refractivity contribution in [3.8, 4) is 0 Å². The van der Waals surface area contributed by atoms with Gasteiger partial charge in [-0.25, -0.2) is 0 Å². The molecule has 0 saturated carbocycles. The number of aliphatic hydroxyl groups is 1. The van der Waals surface area contributed by atoms with E-state index in [0.29, 0.717) is 6.61 Å². The van der Waals surface area contributed by atoms with Gasteiger partial charge in [-0.05, 0) is 6.42 Å². The summed E-state index contributed by atoms with van der Waals surface area (Å²) in [6.07, 6.45) is 0.802. The number of aliphatic hydroxyl groups excluding tert-OH is 1. The Bertz CT molecular complexity index is 127. The van der Waals surface area contributed by atoms with Gasteiger partial charge in [-0.3, -0.25) is 4.79 Å².